The summed E-state index contributed by atoms with van der Waals surface area (Å²) in [5.41, 5.74) is 3.74. The summed E-state index contributed by atoms with van der Waals surface area (Å²) in [4.78, 5) is 8.64. The van der Waals surface area contributed by atoms with Crippen LogP contribution in [0.3, 0.4) is 0 Å². The lowest BCUT2D eigenvalue weighted by molar-refractivity contribution is -0.276. The molecule has 0 spiro atoms. The molecule has 0 amide bonds. The number of hydrogen-bond acceptors (Lipinski definition) is 4. The molecular formula is C19H17N2OS-. The van der Waals surface area contributed by atoms with Gasteiger partial charge in [-0.1, -0.05) is 72.4 Å². The molecule has 116 valence electrons. The molecule has 0 unspecified atom stereocenters. The van der Waals surface area contributed by atoms with Gasteiger partial charge in [-0.15, -0.1) is 0 Å². The number of aromatic nitrogens is 2. The number of hydrogen-bond donors (Lipinski definition) is 0. The molecule has 23 heavy (non-hydrogen) atoms. The molecule has 0 N–H and O–H groups in total. The van der Waals surface area contributed by atoms with Gasteiger partial charge in [-0.25, -0.2) is 9.97 Å². The highest BCUT2D eigenvalue weighted by Gasteiger charge is 2.07. The van der Waals surface area contributed by atoms with Crippen LogP contribution in [0.2, 0.25) is 0 Å². The first-order chi connectivity index (χ1) is 11.2. The van der Waals surface area contributed by atoms with Gasteiger partial charge < -0.3 is 5.11 Å². The van der Waals surface area contributed by atoms with E-state index in [0.29, 0.717) is 17.1 Å². The highest BCUT2D eigenvalue weighted by atomic mass is 32.2. The maximum absolute atomic E-state index is 12.3. The van der Waals surface area contributed by atoms with Crippen molar-refractivity contribution in [2.75, 3.05) is 0 Å². The molecule has 4 heteroatoms. The maximum atomic E-state index is 12.3. The van der Waals surface area contributed by atoms with Crippen LogP contribution in [-0.2, 0) is 12.2 Å². The quantitative estimate of drug-likeness (QED) is 0.530. The minimum absolute atomic E-state index is 0.170. The molecule has 1 aromatic heterocycles. The van der Waals surface area contributed by atoms with Crippen LogP contribution in [0.5, 0.6) is 5.88 Å². The molecule has 0 aliphatic carbocycles. The van der Waals surface area contributed by atoms with Gasteiger partial charge in [0.15, 0.2) is 5.16 Å². The summed E-state index contributed by atoms with van der Waals surface area (Å²) in [7, 11) is 0. The molecule has 2 aromatic carbocycles. The van der Waals surface area contributed by atoms with Crippen molar-refractivity contribution >= 4 is 11.8 Å². The second-order valence-electron chi connectivity index (χ2n) is 5.31. The van der Waals surface area contributed by atoms with Crippen molar-refractivity contribution in [2.24, 2.45) is 0 Å². The first-order valence-electron chi connectivity index (χ1n) is 7.47. The molecule has 1 heterocycles. The van der Waals surface area contributed by atoms with Crippen molar-refractivity contribution in [3.8, 4) is 5.88 Å². The predicted octanol–water partition coefficient (Wildman–Crippen LogP) is 3.74. The number of rotatable bonds is 5. The lowest BCUT2D eigenvalue weighted by Crippen LogP contribution is -2.07. The minimum Gasteiger partial charge on any atom is -0.858 e. The van der Waals surface area contributed by atoms with E-state index in [1.807, 2.05) is 55.5 Å². The van der Waals surface area contributed by atoms with Crippen LogP contribution in [0.4, 0.5) is 0 Å². The summed E-state index contributed by atoms with van der Waals surface area (Å²) in [5, 5.41) is 12.9. The third-order valence-corrected chi connectivity index (χ3v) is 4.51. The van der Waals surface area contributed by atoms with Gasteiger partial charge in [0.25, 0.3) is 0 Å². The van der Waals surface area contributed by atoms with E-state index in [4.69, 9.17) is 0 Å². The zero-order chi connectivity index (χ0) is 16.1. The second-order valence-corrected chi connectivity index (χ2v) is 6.25. The highest BCUT2D eigenvalue weighted by molar-refractivity contribution is 7.98. The van der Waals surface area contributed by atoms with Gasteiger partial charge >= 0.3 is 0 Å². The topological polar surface area (TPSA) is 48.8 Å². The van der Waals surface area contributed by atoms with Gasteiger partial charge in [-0.3, -0.25) is 0 Å². The summed E-state index contributed by atoms with van der Waals surface area (Å²) in [6.07, 6.45) is 0.579. The summed E-state index contributed by atoms with van der Waals surface area (Å²) in [5.74, 6) is 0.592. The number of thioether (sulfide) groups is 1. The normalized spacial score (nSPS) is 10.7. The fourth-order valence-electron chi connectivity index (χ4n) is 2.34. The molecule has 0 aliphatic rings. The largest absolute Gasteiger partial charge is 0.858 e. The van der Waals surface area contributed by atoms with E-state index in [9.17, 15) is 5.11 Å². The van der Waals surface area contributed by atoms with Crippen molar-refractivity contribution < 1.29 is 5.11 Å². The SMILES string of the molecule is Cc1nc(SCc2ccccc2)nc([O-])c1Cc1ccccc1. The van der Waals surface area contributed by atoms with Crippen LogP contribution in [0.15, 0.2) is 65.8 Å². The van der Waals surface area contributed by atoms with Gasteiger partial charge in [0, 0.05) is 17.9 Å². The lowest BCUT2D eigenvalue weighted by atomic mass is 10.1. The molecule has 3 rings (SSSR count). The molecule has 3 aromatic rings. The Morgan fingerprint density at radius 2 is 1.48 bits per heavy atom. The molecule has 3 nitrogen and oxygen atoms in total. The van der Waals surface area contributed by atoms with Gasteiger partial charge in [-0.2, -0.15) is 0 Å². The lowest BCUT2D eigenvalue weighted by Gasteiger charge is -2.16. The van der Waals surface area contributed by atoms with Gasteiger partial charge in [0.05, 0.1) is 0 Å². The van der Waals surface area contributed by atoms with Crippen LogP contribution in [0.1, 0.15) is 22.4 Å². The average Bonchev–Trinajstić information content (AvgIpc) is 2.58. The van der Waals surface area contributed by atoms with Crippen LogP contribution in [0.25, 0.3) is 0 Å². The van der Waals surface area contributed by atoms with Crippen molar-refractivity contribution in [3.63, 3.8) is 0 Å². The highest BCUT2D eigenvalue weighted by Crippen LogP contribution is 2.25. The van der Waals surface area contributed by atoms with E-state index in [2.05, 4.69) is 22.1 Å². The Balaban J connectivity index is 1.75. The standard InChI is InChI=1S/C19H18N2OS/c1-14-17(12-15-8-4-2-5-9-15)18(22)21-19(20-14)23-13-16-10-6-3-7-11-16/h2-11H,12-13H2,1H3,(H,20,21,22)/p-1. The number of aryl methyl sites for hydroxylation is 1. The van der Waals surface area contributed by atoms with Crippen LogP contribution < -0.4 is 5.11 Å². The van der Waals surface area contributed by atoms with E-state index in [1.54, 1.807) is 0 Å². The summed E-state index contributed by atoms with van der Waals surface area (Å²) in [6.45, 7) is 1.88. The predicted molar refractivity (Wildman–Crippen MR) is 91.5 cm³/mol. The third-order valence-electron chi connectivity index (χ3n) is 3.59. The van der Waals surface area contributed by atoms with E-state index in [0.717, 1.165) is 17.0 Å². The average molecular weight is 321 g/mol. The van der Waals surface area contributed by atoms with Gasteiger partial charge in [-0.05, 0) is 29.5 Å². The summed E-state index contributed by atoms with van der Waals surface area (Å²) >= 11 is 1.49. The fraction of sp³-hybridized carbons (Fsp3) is 0.158. The Hall–Kier alpha value is -2.33. The summed E-state index contributed by atoms with van der Waals surface area (Å²) in [6, 6.07) is 20.0. The van der Waals surface area contributed by atoms with Crippen LogP contribution in [0, 0.1) is 6.92 Å². The number of nitrogens with zero attached hydrogens (tertiary/aromatic N) is 2. The smallest absolute Gasteiger partial charge is 0.187 e. The summed E-state index contributed by atoms with van der Waals surface area (Å²) < 4.78 is 0. The molecule has 0 saturated carbocycles. The molecule has 0 fully saturated rings. The van der Waals surface area contributed by atoms with Crippen LogP contribution >= 0.6 is 11.8 Å². The Labute approximate surface area is 140 Å². The van der Waals surface area contributed by atoms with Crippen molar-refractivity contribution in [3.05, 3.63) is 83.0 Å². The molecule has 0 aliphatic heterocycles. The number of benzene rings is 2. The monoisotopic (exact) mass is 321 g/mol. The molecule has 0 radical (unpaired) electrons. The van der Waals surface area contributed by atoms with Gasteiger partial charge in [0.2, 0.25) is 0 Å². The maximum Gasteiger partial charge on any atom is 0.187 e. The second kappa shape index (κ2) is 7.29. The Bertz CT molecular complexity index is 753. The molecule has 0 saturated heterocycles. The van der Waals surface area contributed by atoms with E-state index < -0.39 is 0 Å². The molecule has 0 atom stereocenters. The van der Waals surface area contributed by atoms with E-state index in [1.165, 1.54) is 17.3 Å². The first-order valence-corrected chi connectivity index (χ1v) is 8.46. The van der Waals surface area contributed by atoms with Crippen molar-refractivity contribution in [1.82, 2.24) is 9.97 Å². The Morgan fingerprint density at radius 1 is 0.870 bits per heavy atom. The molecular weight excluding hydrogens is 304 g/mol. The minimum atomic E-state index is -0.170. The van der Waals surface area contributed by atoms with Crippen molar-refractivity contribution in [1.29, 1.82) is 0 Å². The van der Waals surface area contributed by atoms with E-state index in [-0.39, 0.29) is 5.88 Å². The zero-order valence-electron chi connectivity index (χ0n) is 12.9. The Morgan fingerprint density at radius 3 is 2.09 bits per heavy atom. The zero-order valence-corrected chi connectivity index (χ0v) is 13.7. The first kappa shape index (κ1) is 15.6. The van der Waals surface area contributed by atoms with Crippen LogP contribution in [-0.4, -0.2) is 9.97 Å². The Kier molecular flexibility index (Phi) is 4.93. The van der Waals surface area contributed by atoms with Gasteiger partial charge in [0.1, 0.15) is 0 Å². The van der Waals surface area contributed by atoms with Crippen molar-refractivity contribution in [2.45, 2.75) is 24.3 Å². The third kappa shape index (κ3) is 4.11. The molecule has 0 bridgehead atoms. The van der Waals surface area contributed by atoms with E-state index >= 15 is 0 Å². The fourth-order valence-corrected chi connectivity index (χ4v) is 3.17.